The van der Waals surface area contributed by atoms with E-state index in [1.54, 1.807) is 25.1 Å². The zero-order valence-electron chi connectivity index (χ0n) is 14.3. The Morgan fingerprint density at radius 2 is 2.07 bits per heavy atom. The number of anilines is 1. The second kappa shape index (κ2) is 6.22. The fourth-order valence-corrected chi connectivity index (χ4v) is 2.89. The monoisotopic (exact) mass is 391 g/mol. The molecule has 4 rings (SSSR count). The molecule has 1 aliphatic heterocycles. The number of fused-ring (bicyclic) bond motifs is 2. The minimum absolute atomic E-state index is 0.100. The van der Waals surface area contributed by atoms with Crippen LogP contribution in [0.2, 0.25) is 0 Å². The Morgan fingerprint density at radius 1 is 1.29 bits per heavy atom. The lowest BCUT2D eigenvalue weighted by molar-refractivity contribution is -0.200. The van der Waals surface area contributed by atoms with Gasteiger partial charge in [-0.2, -0.15) is 13.2 Å². The number of amides is 2. The van der Waals surface area contributed by atoms with Gasteiger partial charge >= 0.3 is 18.2 Å². The van der Waals surface area contributed by atoms with Gasteiger partial charge in [0.15, 0.2) is 0 Å². The average Bonchev–Trinajstić information content (AvgIpc) is 2.96. The first kappa shape index (κ1) is 17.8. The van der Waals surface area contributed by atoms with Gasteiger partial charge in [-0.15, -0.1) is 5.10 Å². The predicted molar refractivity (Wildman–Crippen MR) is 91.2 cm³/mol. The number of nitrogens with zero attached hydrogens (tertiary/aromatic N) is 3. The van der Waals surface area contributed by atoms with E-state index in [0.29, 0.717) is 38.4 Å². The van der Waals surface area contributed by atoms with Crippen LogP contribution in [0.3, 0.4) is 0 Å². The molecule has 2 amide bonds. The number of pyridine rings is 1. The van der Waals surface area contributed by atoms with Crippen molar-refractivity contribution in [2.75, 3.05) is 5.32 Å². The lowest BCUT2D eigenvalue weighted by Crippen LogP contribution is -2.34. The molecule has 0 atom stereocenters. The number of rotatable bonds is 2. The molecule has 2 N–H and O–H groups in total. The molecule has 11 heteroatoms. The number of aromatic nitrogens is 3. The molecule has 28 heavy (non-hydrogen) atoms. The molecule has 0 saturated carbocycles. The Balaban J connectivity index is 1.91. The largest absolute Gasteiger partial charge is 0.493 e. The third-order valence-corrected chi connectivity index (χ3v) is 4.13. The number of hydrogen-bond donors (Lipinski definition) is 2. The van der Waals surface area contributed by atoms with Crippen LogP contribution < -0.4 is 15.5 Å². The Kier molecular flexibility index (Phi) is 3.95. The maximum Gasteiger partial charge on any atom is 0.493 e. The molecule has 8 nitrogen and oxygen atoms in total. The maximum absolute atomic E-state index is 12.7. The predicted octanol–water partition coefficient (Wildman–Crippen LogP) is 2.56. The van der Waals surface area contributed by atoms with Crippen LogP contribution in [0, 0.1) is 6.92 Å². The first-order valence-electron chi connectivity index (χ1n) is 8.05. The van der Waals surface area contributed by atoms with Crippen LogP contribution in [0.4, 0.5) is 23.7 Å². The fourth-order valence-electron chi connectivity index (χ4n) is 2.89. The third-order valence-electron chi connectivity index (χ3n) is 4.13. The maximum atomic E-state index is 12.7. The van der Waals surface area contributed by atoms with Crippen molar-refractivity contribution in [1.82, 2.24) is 20.2 Å². The minimum Gasteiger partial charge on any atom is -0.334 e. The van der Waals surface area contributed by atoms with Crippen LogP contribution in [0.1, 0.15) is 11.3 Å². The number of carbonyl (C=O) groups excluding carboxylic acids is 2. The van der Waals surface area contributed by atoms with Crippen molar-refractivity contribution in [3.63, 3.8) is 0 Å². The van der Waals surface area contributed by atoms with Crippen LogP contribution in [-0.4, -0.2) is 33.1 Å². The van der Waals surface area contributed by atoms with Gasteiger partial charge in [0.1, 0.15) is 11.2 Å². The molecule has 0 bridgehead atoms. The first-order valence-corrected chi connectivity index (χ1v) is 8.05. The van der Waals surface area contributed by atoms with Crippen LogP contribution in [0.5, 0.6) is 0 Å². The number of hydrogen-bond acceptors (Lipinski definition) is 5. The van der Waals surface area contributed by atoms with E-state index in [-0.39, 0.29) is 12.1 Å². The average molecular weight is 391 g/mol. The summed E-state index contributed by atoms with van der Waals surface area (Å²) in [5.74, 6) is -2.40. The lowest BCUT2D eigenvalue weighted by atomic mass is 10.0. The van der Waals surface area contributed by atoms with Gasteiger partial charge in [0.25, 0.3) is 0 Å². The first-order chi connectivity index (χ1) is 13.2. The molecule has 1 aliphatic rings. The summed E-state index contributed by atoms with van der Waals surface area (Å²) in [5.41, 5.74) is 2.78. The quantitative estimate of drug-likeness (QED) is 0.700. The van der Waals surface area contributed by atoms with Gasteiger partial charge in [-0.1, -0.05) is 4.85 Å². The van der Waals surface area contributed by atoms with Crippen LogP contribution >= 0.6 is 0 Å². The summed E-state index contributed by atoms with van der Waals surface area (Å²) in [5, 5.41) is 9.68. The van der Waals surface area contributed by atoms with Crippen LogP contribution in [0.15, 0.2) is 30.5 Å². The van der Waals surface area contributed by atoms with E-state index in [9.17, 15) is 22.8 Å². The highest BCUT2D eigenvalue weighted by atomic mass is 19.4. The molecule has 0 radical (unpaired) electrons. The molecule has 3 aromatic rings. The van der Waals surface area contributed by atoms with E-state index >= 15 is 0 Å². The van der Waals surface area contributed by atoms with Crippen molar-refractivity contribution < 1.29 is 27.6 Å². The molecular weight excluding hydrogens is 379 g/mol. The second-order valence-corrected chi connectivity index (χ2v) is 6.12. The number of urea groups is 1. The van der Waals surface area contributed by atoms with Gasteiger partial charge < -0.3 is 15.5 Å². The summed E-state index contributed by atoms with van der Waals surface area (Å²) in [6.07, 6.45) is -3.64. The van der Waals surface area contributed by atoms with E-state index < -0.39 is 18.2 Å². The number of halogens is 3. The zero-order valence-corrected chi connectivity index (χ0v) is 14.3. The molecule has 1 aromatic carbocycles. The fraction of sp³-hybridized carbons (Fsp3) is 0.176. The highest BCUT2D eigenvalue weighted by Gasteiger charge is 2.42. The smallest absolute Gasteiger partial charge is 0.334 e. The number of alkyl halides is 3. The van der Waals surface area contributed by atoms with Gasteiger partial charge in [0, 0.05) is 35.1 Å². The molecule has 0 spiro atoms. The van der Waals surface area contributed by atoms with E-state index in [1.165, 1.54) is 12.3 Å². The number of nitrogens with one attached hydrogen (secondary N) is 2. The van der Waals surface area contributed by atoms with E-state index in [1.807, 2.05) is 0 Å². The number of benzene rings is 1. The third kappa shape index (κ3) is 3.10. The summed E-state index contributed by atoms with van der Waals surface area (Å²) in [4.78, 5) is 31.9. The van der Waals surface area contributed by atoms with Gasteiger partial charge in [-0.05, 0) is 36.8 Å². The SMILES string of the molecule is Cc1cc(-c2nn(OC(=O)C(F)(F)F)c3cc4c(cc23)CNC(=O)N4)ccn1. The topological polar surface area (TPSA) is 98.1 Å². The normalized spacial score (nSPS) is 13.6. The Hall–Kier alpha value is -3.63. The standard InChI is InChI=1S/C17H12F3N5O3/c1-8-4-9(2-3-21-8)14-11-5-10-7-22-16(27)23-12(10)6-13(11)25(24-14)28-15(26)17(18,19)20/h2-6H,7H2,1H3,(H2,22,23,27). The Bertz CT molecular complexity index is 1120. The number of carbonyl (C=O) groups is 2. The summed E-state index contributed by atoms with van der Waals surface area (Å²) in [6.45, 7) is 1.99. The lowest BCUT2D eigenvalue weighted by Gasteiger charge is -2.18. The van der Waals surface area contributed by atoms with Gasteiger partial charge in [-0.25, -0.2) is 9.59 Å². The van der Waals surface area contributed by atoms with Crippen molar-refractivity contribution >= 4 is 28.6 Å². The summed E-state index contributed by atoms with van der Waals surface area (Å²) in [7, 11) is 0. The zero-order chi connectivity index (χ0) is 20.1. The summed E-state index contributed by atoms with van der Waals surface area (Å²) < 4.78 is 38.0. The molecule has 0 unspecified atom stereocenters. The van der Waals surface area contributed by atoms with E-state index in [4.69, 9.17) is 0 Å². The summed E-state index contributed by atoms with van der Waals surface area (Å²) >= 11 is 0. The Morgan fingerprint density at radius 3 is 2.79 bits per heavy atom. The van der Waals surface area contributed by atoms with Gasteiger partial charge in [0.2, 0.25) is 0 Å². The molecule has 144 valence electrons. The molecule has 0 aliphatic carbocycles. The number of aryl methyl sites for hydroxylation is 1. The van der Waals surface area contributed by atoms with E-state index in [2.05, 4.69) is 25.6 Å². The van der Waals surface area contributed by atoms with Crippen molar-refractivity contribution in [1.29, 1.82) is 0 Å². The van der Waals surface area contributed by atoms with Crippen LogP contribution in [0.25, 0.3) is 22.2 Å². The molecule has 0 saturated heterocycles. The van der Waals surface area contributed by atoms with Crippen molar-refractivity contribution in [2.24, 2.45) is 0 Å². The van der Waals surface area contributed by atoms with E-state index in [0.717, 1.165) is 0 Å². The molecule has 2 aromatic heterocycles. The van der Waals surface area contributed by atoms with Crippen molar-refractivity contribution in [3.05, 3.63) is 41.7 Å². The second-order valence-electron chi connectivity index (χ2n) is 6.12. The van der Waals surface area contributed by atoms with Crippen molar-refractivity contribution in [3.8, 4) is 11.3 Å². The highest BCUT2D eigenvalue weighted by molar-refractivity contribution is 6.00. The molecule has 0 fully saturated rings. The summed E-state index contributed by atoms with van der Waals surface area (Å²) in [6, 6.07) is 5.99. The Labute approximate surface area is 155 Å². The molecular formula is C17H12F3N5O3. The molecule has 3 heterocycles. The van der Waals surface area contributed by atoms with Crippen LogP contribution in [-0.2, 0) is 11.3 Å². The van der Waals surface area contributed by atoms with Crippen molar-refractivity contribution in [2.45, 2.75) is 19.6 Å². The highest BCUT2D eigenvalue weighted by Crippen LogP contribution is 2.33. The minimum atomic E-state index is -5.18. The van der Waals surface area contributed by atoms with Gasteiger partial charge in [-0.3, -0.25) is 4.98 Å². The van der Waals surface area contributed by atoms with Gasteiger partial charge in [0.05, 0.1) is 0 Å².